The van der Waals surface area contributed by atoms with Crippen LogP contribution in [0.3, 0.4) is 0 Å². The van der Waals surface area contributed by atoms with Crippen LogP contribution in [0.15, 0.2) is 10.3 Å². The molecule has 1 heterocycles. The zero-order valence-electron chi connectivity index (χ0n) is 8.05. The Morgan fingerprint density at radius 3 is 2.62 bits per heavy atom. The lowest BCUT2D eigenvalue weighted by atomic mass is 10.2. The summed E-state index contributed by atoms with van der Waals surface area (Å²) in [5.41, 5.74) is -0.129. The van der Waals surface area contributed by atoms with E-state index in [1.807, 2.05) is 0 Å². The van der Waals surface area contributed by atoms with E-state index >= 15 is 0 Å². The Hall–Kier alpha value is -0.660. The summed E-state index contributed by atoms with van der Waals surface area (Å²) < 4.78 is 22.0. The molecule has 1 aliphatic rings. The van der Waals surface area contributed by atoms with Gasteiger partial charge in [0.15, 0.2) is 0 Å². The molecule has 0 unspecified atom stereocenters. The van der Waals surface area contributed by atoms with Gasteiger partial charge in [-0.2, -0.15) is 0 Å². The average Bonchev–Trinajstić information content (AvgIpc) is 2.80. The average molecular weight is 282 g/mol. The molecule has 0 aliphatic heterocycles. The maximum Gasteiger partial charge on any atom is 0.284 e. The first-order valence-electron chi connectivity index (χ1n) is 4.59. The first-order valence-corrected chi connectivity index (χ1v) is 7.72. The summed E-state index contributed by atoms with van der Waals surface area (Å²) in [6.07, 6.45) is 2.68. The number of thiophene rings is 1. The van der Waals surface area contributed by atoms with Crippen LogP contribution in [0, 0.1) is 16.0 Å². The molecule has 0 saturated heterocycles. The predicted octanol–water partition coefficient (Wildman–Crippen LogP) is 2.54. The summed E-state index contributed by atoms with van der Waals surface area (Å²) in [5, 5.41) is 10.7. The van der Waals surface area contributed by atoms with Crippen molar-refractivity contribution >= 4 is 36.8 Å². The van der Waals surface area contributed by atoms with Gasteiger partial charge in [0.25, 0.3) is 14.7 Å². The monoisotopic (exact) mass is 281 g/mol. The number of rotatable bonds is 4. The van der Waals surface area contributed by atoms with E-state index in [0.29, 0.717) is 17.2 Å². The molecule has 1 aliphatic carbocycles. The topological polar surface area (TPSA) is 77.3 Å². The van der Waals surface area contributed by atoms with Crippen LogP contribution in [0.5, 0.6) is 0 Å². The fourth-order valence-electron chi connectivity index (χ4n) is 1.40. The molecule has 0 bridgehead atoms. The van der Waals surface area contributed by atoms with Crippen LogP contribution >= 0.6 is 22.0 Å². The molecule has 0 amide bonds. The second-order valence-electron chi connectivity index (χ2n) is 3.72. The van der Waals surface area contributed by atoms with E-state index in [4.69, 9.17) is 10.7 Å². The van der Waals surface area contributed by atoms with E-state index in [2.05, 4.69) is 0 Å². The Kier molecular flexibility index (Phi) is 2.93. The van der Waals surface area contributed by atoms with Crippen LogP contribution in [0.1, 0.15) is 17.7 Å². The third-order valence-corrected chi connectivity index (χ3v) is 5.59. The highest BCUT2D eigenvalue weighted by Gasteiger charge is 2.30. The van der Waals surface area contributed by atoms with Crippen LogP contribution < -0.4 is 0 Å². The number of hydrogen-bond donors (Lipinski definition) is 0. The minimum Gasteiger partial charge on any atom is -0.258 e. The third kappa shape index (κ3) is 2.53. The third-order valence-electron chi connectivity index (χ3n) is 2.37. The molecule has 2 rings (SSSR count). The Balaban J connectivity index is 2.40. The fourth-order valence-corrected chi connectivity index (χ4v) is 3.74. The van der Waals surface area contributed by atoms with Gasteiger partial charge in [0.1, 0.15) is 4.21 Å². The Morgan fingerprint density at radius 2 is 2.19 bits per heavy atom. The number of nitrogens with zero attached hydrogens (tertiary/aromatic N) is 1. The van der Waals surface area contributed by atoms with Gasteiger partial charge < -0.3 is 0 Å². The van der Waals surface area contributed by atoms with Gasteiger partial charge in [-0.1, -0.05) is 0 Å². The van der Waals surface area contributed by atoms with Crippen molar-refractivity contribution in [3.05, 3.63) is 21.1 Å². The smallest absolute Gasteiger partial charge is 0.258 e. The lowest BCUT2D eigenvalue weighted by Crippen LogP contribution is -1.91. The van der Waals surface area contributed by atoms with E-state index in [1.54, 1.807) is 0 Å². The molecule has 1 fully saturated rings. The molecule has 0 spiro atoms. The summed E-state index contributed by atoms with van der Waals surface area (Å²) in [5.74, 6) is 0.461. The number of hydrogen-bond acceptors (Lipinski definition) is 5. The van der Waals surface area contributed by atoms with E-state index in [0.717, 1.165) is 30.2 Å². The molecular formula is C8H8ClNO4S2. The number of nitro groups is 1. The molecule has 5 nitrogen and oxygen atoms in total. The van der Waals surface area contributed by atoms with Crippen LogP contribution in [-0.4, -0.2) is 13.3 Å². The Labute approximate surface area is 101 Å². The van der Waals surface area contributed by atoms with E-state index in [-0.39, 0.29) is 9.90 Å². The molecule has 16 heavy (non-hydrogen) atoms. The highest BCUT2D eigenvalue weighted by molar-refractivity contribution is 8.15. The molecule has 1 aromatic heterocycles. The van der Waals surface area contributed by atoms with Crippen molar-refractivity contribution < 1.29 is 13.3 Å². The van der Waals surface area contributed by atoms with Gasteiger partial charge in [-0.25, -0.2) is 8.42 Å². The normalized spacial score (nSPS) is 16.3. The summed E-state index contributed by atoms with van der Waals surface area (Å²) in [6.45, 7) is 0. The van der Waals surface area contributed by atoms with Crippen LogP contribution in [-0.2, 0) is 15.5 Å². The van der Waals surface area contributed by atoms with Gasteiger partial charge in [0.05, 0.1) is 9.80 Å². The molecule has 0 N–H and O–H groups in total. The summed E-state index contributed by atoms with van der Waals surface area (Å²) in [7, 11) is 1.29. The van der Waals surface area contributed by atoms with Gasteiger partial charge in [0.2, 0.25) is 0 Å². The standard InChI is InChI=1S/C8H8ClNO4S2/c9-16(13,14)8-4-6(10(11)12)7(15-8)3-5-1-2-5/h4-5H,1-3H2. The first-order chi connectivity index (χ1) is 7.38. The zero-order valence-corrected chi connectivity index (χ0v) is 10.4. The minimum absolute atomic E-state index is 0.129. The van der Waals surface area contributed by atoms with Gasteiger partial charge in [-0.3, -0.25) is 10.1 Å². The zero-order chi connectivity index (χ0) is 11.9. The summed E-state index contributed by atoms with van der Waals surface area (Å²) >= 11 is 0.902. The van der Waals surface area contributed by atoms with Gasteiger partial charge in [-0.15, -0.1) is 11.3 Å². The lowest BCUT2D eigenvalue weighted by Gasteiger charge is -1.93. The van der Waals surface area contributed by atoms with Crippen LogP contribution in [0.25, 0.3) is 0 Å². The first kappa shape index (κ1) is 11.8. The molecular weight excluding hydrogens is 274 g/mol. The second-order valence-corrected chi connectivity index (χ2v) is 7.65. The predicted molar refractivity (Wildman–Crippen MR) is 60.4 cm³/mol. The molecule has 0 radical (unpaired) electrons. The van der Waals surface area contributed by atoms with Crippen molar-refractivity contribution in [1.82, 2.24) is 0 Å². The van der Waals surface area contributed by atoms with Crippen molar-refractivity contribution in [2.45, 2.75) is 23.5 Å². The van der Waals surface area contributed by atoms with Crippen LogP contribution in [0.2, 0.25) is 0 Å². The van der Waals surface area contributed by atoms with E-state index in [9.17, 15) is 18.5 Å². The van der Waals surface area contributed by atoms with Crippen LogP contribution in [0.4, 0.5) is 5.69 Å². The molecule has 1 saturated carbocycles. The number of halogens is 1. The molecule has 8 heteroatoms. The highest BCUT2D eigenvalue weighted by Crippen LogP contribution is 2.40. The summed E-state index contributed by atoms with van der Waals surface area (Å²) in [6, 6.07) is 1.05. The van der Waals surface area contributed by atoms with E-state index in [1.165, 1.54) is 0 Å². The maximum absolute atomic E-state index is 11.1. The van der Waals surface area contributed by atoms with Crippen molar-refractivity contribution in [2.75, 3.05) is 0 Å². The minimum atomic E-state index is -3.87. The summed E-state index contributed by atoms with van der Waals surface area (Å²) in [4.78, 5) is 10.7. The van der Waals surface area contributed by atoms with E-state index < -0.39 is 14.0 Å². The maximum atomic E-state index is 11.1. The molecule has 88 valence electrons. The molecule has 0 aromatic carbocycles. The molecule has 1 aromatic rings. The fraction of sp³-hybridized carbons (Fsp3) is 0.500. The van der Waals surface area contributed by atoms with Crippen molar-refractivity contribution in [3.8, 4) is 0 Å². The largest absolute Gasteiger partial charge is 0.284 e. The van der Waals surface area contributed by atoms with Crippen molar-refractivity contribution in [2.24, 2.45) is 5.92 Å². The van der Waals surface area contributed by atoms with Gasteiger partial charge >= 0.3 is 0 Å². The van der Waals surface area contributed by atoms with Gasteiger partial charge in [0, 0.05) is 16.7 Å². The second kappa shape index (κ2) is 3.97. The van der Waals surface area contributed by atoms with Gasteiger partial charge in [-0.05, 0) is 25.2 Å². The van der Waals surface area contributed by atoms with Crippen molar-refractivity contribution in [1.29, 1.82) is 0 Å². The quantitative estimate of drug-likeness (QED) is 0.483. The Bertz CT molecular complexity index is 532. The molecule has 0 atom stereocenters. The van der Waals surface area contributed by atoms with Crippen molar-refractivity contribution in [3.63, 3.8) is 0 Å². The Morgan fingerprint density at radius 1 is 1.56 bits per heavy atom. The highest BCUT2D eigenvalue weighted by atomic mass is 35.7. The SMILES string of the molecule is O=[N+]([O-])c1cc(S(=O)(=O)Cl)sc1CC1CC1. The lowest BCUT2D eigenvalue weighted by molar-refractivity contribution is -0.385.